The minimum atomic E-state index is -2.00. The van der Waals surface area contributed by atoms with Crippen LogP contribution in [0.15, 0.2) is 47.3 Å². The second-order valence-electron chi connectivity index (χ2n) is 7.67. The maximum atomic E-state index is 11.0. The van der Waals surface area contributed by atoms with Gasteiger partial charge in [-0.2, -0.15) is 0 Å². The highest BCUT2D eigenvalue weighted by atomic mass is 79.9. The van der Waals surface area contributed by atoms with Crippen molar-refractivity contribution in [3.8, 4) is 18.1 Å². The van der Waals surface area contributed by atoms with Crippen molar-refractivity contribution in [2.75, 3.05) is 18.1 Å². The normalized spacial score (nSPS) is 24.8. The molecule has 10 nitrogen and oxygen atoms in total. The Kier molecular flexibility index (Phi) is 5.10. The van der Waals surface area contributed by atoms with E-state index in [9.17, 15) is 10.2 Å². The number of pyridine rings is 1. The highest BCUT2D eigenvalue weighted by Gasteiger charge is 2.55. The number of hydrogen-bond acceptors (Lipinski definition) is 9. The number of hydrogen-bond donors (Lipinski definition) is 4. The van der Waals surface area contributed by atoms with Gasteiger partial charge in [0.05, 0.1) is 15.4 Å². The Morgan fingerprint density at radius 2 is 2.06 bits per heavy atom. The number of aromatic nitrogens is 4. The van der Waals surface area contributed by atoms with Crippen molar-refractivity contribution in [1.29, 1.82) is 0 Å². The SMILES string of the molecule is C#C[C@@]1(O)[C@@H](COc2ccc3cc(Br)c(N)nc3c2)O[C@@H](n2ccc3c(N)ncnc32)[C@@H]1O. The van der Waals surface area contributed by atoms with Crippen LogP contribution in [-0.4, -0.2) is 54.1 Å². The molecule has 168 valence electrons. The molecule has 1 aromatic carbocycles. The number of aliphatic hydroxyl groups is 2. The minimum Gasteiger partial charge on any atom is -0.491 e. The van der Waals surface area contributed by atoms with E-state index in [4.69, 9.17) is 27.4 Å². The molecule has 0 spiro atoms. The zero-order chi connectivity index (χ0) is 23.3. The molecule has 0 saturated carbocycles. The summed E-state index contributed by atoms with van der Waals surface area (Å²) in [7, 11) is 0. The molecule has 11 heteroatoms. The first-order valence-electron chi connectivity index (χ1n) is 9.91. The van der Waals surface area contributed by atoms with Gasteiger partial charge in [-0.3, -0.25) is 0 Å². The van der Waals surface area contributed by atoms with E-state index >= 15 is 0 Å². The summed E-state index contributed by atoms with van der Waals surface area (Å²) < 4.78 is 14.1. The number of fused-ring (bicyclic) bond motifs is 2. The number of rotatable bonds is 4. The molecule has 4 atom stereocenters. The summed E-state index contributed by atoms with van der Waals surface area (Å²) in [6.45, 7) is -0.123. The number of nitrogens with zero attached hydrogens (tertiary/aromatic N) is 4. The lowest BCUT2D eigenvalue weighted by molar-refractivity contribution is -0.0554. The van der Waals surface area contributed by atoms with Crippen LogP contribution in [0.25, 0.3) is 21.9 Å². The average Bonchev–Trinajstić information content (AvgIpc) is 3.34. The summed E-state index contributed by atoms with van der Waals surface area (Å²) in [6, 6.07) is 8.86. The van der Waals surface area contributed by atoms with Crippen LogP contribution in [0.1, 0.15) is 6.23 Å². The standard InChI is InChI=1S/C22H19BrN6O4/c1-2-22(31)16(9-32-12-4-3-11-7-14(23)19(25)28-15(11)8-12)33-21(17(22)30)29-6-5-13-18(24)26-10-27-20(13)29/h1,3-8,10,16-17,21,30-31H,9H2,(H2,25,28)(H2,24,26,27)/t16-,17+,21-,22-/m1/s1. The van der Waals surface area contributed by atoms with E-state index in [0.29, 0.717) is 32.6 Å². The van der Waals surface area contributed by atoms with Crippen LogP contribution < -0.4 is 16.2 Å². The minimum absolute atomic E-state index is 0.123. The molecule has 1 fully saturated rings. The van der Waals surface area contributed by atoms with Crippen molar-refractivity contribution in [3.05, 3.63) is 47.3 Å². The Morgan fingerprint density at radius 1 is 1.24 bits per heavy atom. The van der Waals surface area contributed by atoms with E-state index in [0.717, 1.165) is 5.39 Å². The fraction of sp³-hybridized carbons (Fsp3) is 0.227. The second kappa shape index (κ2) is 7.86. The van der Waals surface area contributed by atoms with Gasteiger partial charge >= 0.3 is 0 Å². The van der Waals surface area contributed by atoms with E-state index in [2.05, 4.69) is 36.8 Å². The van der Waals surface area contributed by atoms with Gasteiger partial charge in [0, 0.05) is 17.6 Å². The monoisotopic (exact) mass is 510 g/mol. The van der Waals surface area contributed by atoms with Gasteiger partial charge in [0.2, 0.25) is 0 Å². The highest BCUT2D eigenvalue weighted by Crippen LogP contribution is 2.39. The zero-order valence-corrected chi connectivity index (χ0v) is 18.7. The molecule has 6 N–H and O–H groups in total. The first-order valence-corrected chi connectivity index (χ1v) is 10.7. The maximum absolute atomic E-state index is 11.0. The van der Waals surface area contributed by atoms with Crippen molar-refractivity contribution >= 4 is 49.5 Å². The van der Waals surface area contributed by atoms with E-state index in [1.807, 2.05) is 12.1 Å². The van der Waals surface area contributed by atoms with Gasteiger partial charge < -0.3 is 35.7 Å². The molecular weight excluding hydrogens is 492 g/mol. The number of terminal acetylenes is 1. The van der Waals surface area contributed by atoms with Crippen molar-refractivity contribution in [2.45, 2.75) is 24.0 Å². The third-order valence-electron chi connectivity index (χ3n) is 5.73. The van der Waals surface area contributed by atoms with Gasteiger partial charge in [0.1, 0.15) is 48.2 Å². The van der Waals surface area contributed by atoms with Crippen LogP contribution in [0, 0.1) is 12.3 Å². The van der Waals surface area contributed by atoms with E-state index in [1.165, 1.54) is 6.33 Å². The molecule has 0 aliphatic carbocycles. The Morgan fingerprint density at radius 3 is 2.85 bits per heavy atom. The number of anilines is 2. The molecule has 33 heavy (non-hydrogen) atoms. The van der Waals surface area contributed by atoms with Crippen LogP contribution in [0.4, 0.5) is 11.6 Å². The number of nitrogen functional groups attached to an aromatic ring is 2. The van der Waals surface area contributed by atoms with E-state index in [-0.39, 0.29) is 12.4 Å². The summed E-state index contributed by atoms with van der Waals surface area (Å²) in [5.41, 5.74) is 10.8. The molecule has 1 aliphatic rings. The van der Waals surface area contributed by atoms with Crippen molar-refractivity contribution in [2.24, 2.45) is 0 Å². The van der Waals surface area contributed by atoms with Gasteiger partial charge in [-0.05, 0) is 40.2 Å². The van der Waals surface area contributed by atoms with Gasteiger partial charge in [-0.1, -0.05) is 5.92 Å². The van der Waals surface area contributed by atoms with Crippen LogP contribution in [0.2, 0.25) is 0 Å². The summed E-state index contributed by atoms with van der Waals surface area (Å²) in [5, 5.41) is 23.4. The van der Waals surface area contributed by atoms with Crippen molar-refractivity contribution in [1.82, 2.24) is 19.5 Å². The zero-order valence-electron chi connectivity index (χ0n) is 17.1. The first-order chi connectivity index (χ1) is 15.8. The predicted octanol–water partition coefficient (Wildman–Crippen LogP) is 1.61. The lowest BCUT2D eigenvalue weighted by Crippen LogP contribution is -2.48. The number of nitrogens with two attached hydrogens (primary N) is 2. The van der Waals surface area contributed by atoms with Crippen LogP contribution in [0.3, 0.4) is 0 Å². The van der Waals surface area contributed by atoms with E-state index in [1.54, 1.807) is 29.0 Å². The number of aliphatic hydroxyl groups excluding tert-OH is 1. The lowest BCUT2D eigenvalue weighted by Gasteiger charge is -2.25. The Balaban J connectivity index is 1.41. The topological polar surface area (TPSA) is 155 Å². The molecule has 1 saturated heterocycles. The largest absolute Gasteiger partial charge is 0.491 e. The van der Waals surface area contributed by atoms with E-state index < -0.39 is 24.0 Å². The van der Waals surface area contributed by atoms with Crippen LogP contribution in [-0.2, 0) is 4.74 Å². The molecule has 0 radical (unpaired) electrons. The van der Waals surface area contributed by atoms with Gasteiger partial charge in [-0.15, -0.1) is 6.42 Å². The molecule has 5 rings (SSSR count). The summed E-state index contributed by atoms with van der Waals surface area (Å²) in [4.78, 5) is 12.5. The molecule has 4 heterocycles. The van der Waals surface area contributed by atoms with Crippen LogP contribution in [0.5, 0.6) is 5.75 Å². The average molecular weight is 511 g/mol. The van der Waals surface area contributed by atoms with Crippen molar-refractivity contribution < 1.29 is 19.7 Å². The molecular formula is C22H19BrN6O4. The molecule has 3 aromatic heterocycles. The maximum Gasteiger partial charge on any atom is 0.185 e. The molecule has 4 aromatic rings. The Hall–Kier alpha value is -3.43. The molecule has 0 unspecified atom stereocenters. The fourth-order valence-corrected chi connectivity index (χ4v) is 4.25. The third-order valence-corrected chi connectivity index (χ3v) is 6.37. The first kappa shape index (κ1) is 21.4. The quantitative estimate of drug-likeness (QED) is 0.299. The summed E-state index contributed by atoms with van der Waals surface area (Å²) in [5.74, 6) is 3.39. The highest BCUT2D eigenvalue weighted by molar-refractivity contribution is 9.10. The number of halogens is 1. The number of benzene rings is 1. The van der Waals surface area contributed by atoms with Crippen molar-refractivity contribution in [3.63, 3.8) is 0 Å². The predicted molar refractivity (Wildman–Crippen MR) is 125 cm³/mol. The van der Waals surface area contributed by atoms with Crippen LogP contribution >= 0.6 is 15.9 Å². The van der Waals surface area contributed by atoms with Gasteiger partial charge in [-0.25, -0.2) is 15.0 Å². The summed E-state index contributed by atoms with van der Waals surface area (Å²) >= 11 is 3.35. The third kappa shape index (κ3) is 3.44. The fourth-order valence-electron chi connectivity index (χ4n) is 3.91. The molecule has 0 amide bonds. The smallest absolute Gasteiger partial charge is 0.185 e. The van der Waals surface area contributed by atoms with Gasteiger partial charge in [0.15, 0.2) is 11.8 Å². The number of ether oxygens (including phenoxy) is 2. The lowest BCUT2D eigenvalue weighted by atomic mass is 9.93. The Bertz CT molecular complexity index is 1420. The second-order valence-corrected chi connectivity index (χ2v) is 8.52. The molecule has 0 bridgehead atoms. The Labute approximate surface area is 196 Å². The van der Waals surface area contributed by atoms with Gasteiger partial charge in [0.25, 0.3) is 0 Å². The summed E-state index contributed by atoms with van der Waals surface area (Å²) in [6.07, 6.45) is 5.06. The molecule has 1 aliphatic heterocycles.